The van der Waals surface area contributed by atoms with Crippen LogP contribution < -0.4 is 5.32 Å². The first-order valence-electron chi connectivity index (χ1n) is 7.12. The van der Waals surface area contributed by atoms with Gasteiger partial charge in [0, 0.05) is 13.2 Å². The average molecular weight is 279 g/mol. The lowest BCUT2D eigenvalue weighted by Crippen LogP contribution is -2.36. The summed E-state index contributed by atoms with van der Waals surface area (Å²) in [4.78, 5) is 11.9. The van der Waals surface area contributed by atoms with Gasteiger partial charge in [-0.2, -0.15) is 0 Å². The Morgan fingerprint density at radius 1 is 1.15 bits per heavy atom. The molecule has 0 unspecified atom stereocenters. The number of rotatable bonds is 8. The molecule has 0 radical (unpaired) electrons. The second-order valence-corrected chi connectivity index (χ2v) is 4.74. The van der Waals surface area contributed by atoms with Crippen molar-refractivity contribution in [3.8, 4) is 0 Å². The zero-order chi connectivity index (χ0) is 15.0. The Morgan fingerprint density at radius 2 is 1.80 bits per heavy atom. The molecule has 0 aliphatic heterocycles. The van der Waals surface area contributed by atoms with Crippen molar-refractivity contribution >= 4 is 5.91 Å². The predicted molar refractivity (Wildman–Crippen MR) is 79.7 cm³/mol. The van der Waals surface area contributed by atoms with Gasteiger partial charge < -0.3 is 14.8 Å². The molecule has 0 aliphatic rings. The fraction of sp³-hybridized carbons (Fsp3) is 0.562. The molecule has 0 aromatic heterocycles. The van der Waals surface area contributed by atoms with Crippen molar-refractivity contribution in [1.82, 2.24) is 5.32 Å². The fourth-order valence-corrected chi connectivity index (χ4v) is 1.90. The van der Waals surface area contributed by atoms with Gasteiger partial charge in [-0.25, -0.2) is 0 Å². The molecule has 1 aromatic carbocycles. The van der Waals surface area contributed by atoms with Crippen LogP contribution in [0.2, 0.25) is 0 Å². The maximum Gasteiger partial charge on any atom is 0.224 e. The summed E-state index contributed by atoms with van der Waals surface area (Å²) in [5.41, 5.74) is 3.47. The lowest BCUT2D eigenvalue weighted by molar-refractivity contribution is -0.140. The van der Waals surface area contributed by atoms with Crippen molar-refractivity contribution in [3.63, 3.8) is 0 Å². The van der Waals surface area contributed by atoms with E-state index in [1.165, 1.54) is 11.1 Å². The maximum absolute atomic E-state index is 11.9. The first kappa shape index (κ1) is 16.7. The van der Waals surface area contributed by atoms with Gasteiger partial charge in [0.05, 0.1) is 13.0 Å². The highest BCUT2D eigenvalue weighted by atomic mass is 16.7. The van der Waals surface area contributed by atoms with Crippen molar-refractivity contribution < 1.29 is 14.3 Å². The van der Waals surface area contributed by atoms with Gasteiger partial charge in [-0.15, -0.1) is 0 Å². The SMILES string of the molecule is CCOC(CNC(=O)Cc1ccc(C)c(C)c1)OCC. The number of hydrogen-bond acceptors (Lipinski definition) is 3. The van der Waals surface area contributed by atoms with Crippen LogP contribution in [0.3, 0.4) is 0 Å². The van der Waals surface area contributed by atoms with Gasteiger partial charge in [0.2, 0.25) is 5.91 Å². The van der Waals surface area contributed by atoms with Gasteiger partial charge in [0.25, 0.3) is 0 Å². The van der Waals surface area contributed by atoms with E-state index in [1.807, 2.05) is 26.0 Å². The summed E-state index contributed by atoms with van der Waals surface area (Å²) in [5.74, 6) is -0.0161. The Morgan fingerprint density at radius 3 is 2.35 bits per heavy atom. The number of ether oxygens (including phenoxy) is 2. The highest BCUT2D eigenvalue weighted by Gasteiger charge is 2.10. The molecule has 0 atom stereocenters. The van der Waals surface area contributed by atoms with E-state index in [0.717, 1.165) is 5.56 Å². The third-order valence-corrected chi connectivity index (χ3v) is 3.11. The van der Waals surface area contributed by atoms with Crippen molar-refractivity contribution in [3.05, 3.63) is 34.9 Å². The zero-order valence-corrected chi connectivity index (χ0v) is 12.9. The van der Waals surface area contributed by atoms with E-state index in [9.17, 15) is 4.79 Å². The summed E-state index contributed by atoms with van der Waals surface area (Å²) in [6, 6.07) is 6.09. The van der Waals surface area contributed by atoms with Crippen LogP contribution in [0.1, 0.15) is 30.5 Å². The molecule has 4 heteroatoms. The highest BCUT2D eigenvalue weighted by Crippen LogP contribution is 2.10. The van der Waals surface area contributed by atoms with E-state index in [2.05, 4.69) is 25.2 Å². The van der Waals surface area contributed by atoms with Crippen LogP contribution in [-0.4, -0.2) is 32.0 Å². The van der Waals surface area contributed by atoms with E-state index in [-0.39, 0.29) is 12.2 Å². The van der Waals surface area contributed by atoms with Gasteiger partial charge in [-0.1, -0.05) is 18.2 Å². The number of carbonyl (C=O) groups excluding carboxylic acids is 1. The maximum atomic E-state index is 11.9. The van der Waals surface area contributed by atoms with E-state index in [1.54, 1.807) is 0 Å². The van der Waals surface area contributed by atoms with Gasteiger partial charge in [-0.05, 0) is 44.4 Å². The largest absolute Gasteiger partial charge is 0.351 e. The molecular formula is C16H25NO3. The van der Waals surface area contributed by atoms with Gasteiger partial charge in [-0.3, -0.25) is 4.79 Å². The number of aryl methyl sites for hydroxylation is 2. The van der Waals surface area contributed by atoms with E-state index < -0.39 is 0 Å². The molecule has 1 N–H and O–H groups in total. The minimum absolute atomic E-state index is 0.0161. The summed E-state index contributed by atoms with van der Waals surface area (Å²) in [5, 5.41) is 2.85. The van der Waals surface area contributed by atoms with Crippen molar-refractivity contribution in [2.45, 2.75) is 40.4 Å². The zero-order valence-electron chi connectivity index (χ0n) is 12.9. The highest BCUT2D eigenvalue weighted by molar-refractivity contribution is 5.78. The molecule has 0 heterocycles. The molecule has 4 nitrogen and oxygen atoms in total. The second-order valence-electron chi connectivity index (χ2n) is 4.74. The predicted octanol–water partition coefficient (Wildman–Crippen LogP) is 2.36. The van der Waals surface area contributed by atoms with E-state index in [4.69, 9.17) is 9.47 Å². The molecule has 0 bridgehead atoms. The first-order chi connectivity index (χ1) is 9.56. The Balaban J connectivity index is 2.44. The minimum Gasteiger partial charge on any atom is -0.351 e. The van der Waals surface area contributed by atoms with Crippen LogP contribution >= 0.6 is 0 Å². The van der Waals surface area contributed by atoms with Crippen LogP contribution in [0.4, 0.5) is 0 Å². The third kappa shape index (κ3) is 5.72. The average Bonchev–Trinajstić information content (AvgIpc) is 2.41. The van der Waals surface area contributed by atoms with Gasteiger partial charge in [0.1, 0.15) is 0 Å². The van der Waals surface area contributed by atoms with Crippen LogP contribution in [-0.2, 0) is 20.7 Å². The van der Waals surface area contributed by atoms with E-state index in [0.29, 0.717) is 26.2 Å². The van der Waals surface area contributed by atoms with Crippen molar-refractivity contribution in [2.24, 2.45) is 0 Å². The van der Waals surface area contributed by atoms with Crippen molar-refractivity contribution in [1.29, 1.82) is 0 Å². The minimum atomic E-state index is -0.367. The Kier molecular flexibility index (Phi) is 7.26. The quantitative estimate of drug-likeness (QED) is 0.743. The summed E-state index contributed by atoms with van der Waals surface area (Å²) >= 11 is 0. The Bertz CT molecular complexity index is 426. The van der Waals surface area contributed by atoms with Crippen LogP contribution in [0.15, 0.2) is 18.2 Å². The molecule has 1 aromatic rings. The molecule has 0 saturated heterocycles. The topological polar surface area (TPSA) is 47.6 Å². The molecule has 0 spiro atoms. The molecule has 1 amide bonds. The van der Waals surface area contributed by atoms with Crippen LogP contribution in [0.25, 0.3) is 0 Å². The number of carbonyl (C=O) groups is 1. The number of nitrogens with one attached hydrogen (secondary N) is 1. The standard InChI is InChI=1S/C16H25NO3/c1-5-19-16(20-6-2)11-17-15(18)10-14-8-7-12(3)13(4)9-14/h7-9,16H,5-6,10-11H2,1-4H3,(H,17,18). The third-order valence-electron chi connectivity index (χ3n) is 3.11. The Hall–Kier alpha value is -1.39. The van der Waals surface area contributed by atoms with Gasteiger partial charge >= 0.3 is 0 Å². The monoisotopic (exact) mass is 279 g/mol. The summed E-state index contributed by atoms with van der Waals surface area (Å²) in [6.45, 7) is 9.44. The molecular weight excluding hydrogens is 254 g/mol. The normalized spacial score (nSPS) is 10.8. The summed E-state index contributed by atoms with van der Waals surface area (Å²) < 4.78 is 10.8. The number of amides is 1. The summed E-state index contributed by atoms with van der Waals surface area (Å²) in [6.07, 6.45) is 0.0141. The summed E-state index contributed by atoms with van der Waals surface area (Å²) in [7, 11) is 0. The Labute approximate surface area is 121 Å². The molecule has 20 heavy (non-hydrogen) atoms. The molecule has 0 fully saturated rings. The molecule has 112 valence electrons. The fourth-order valence-electron chi connectivity index (χ4n) is 1.90. The smallest absolute Gasteiger partial charge is 0.224 e. The van der Waals surface area contributed by atoms with Crippen molar-refractivity contribution in [2.75, 3.05) is 19.8 Å². The van der Waals surface area contributed by atoms with E-state index >= 15 is 0 Å². The van der Waals surface area contributed by atoms with Gasteiger partial charge in [0.15, 0.2) is 6.29 Å². The first-order valence-corrected chi connectivity index (χ1v) is 7.12. The molecule has 1 rings (SSSR count). The number of hydrogen-bond donors (Lipinski definition) is 1. The van der Waals surface area contributed by atoms with Crippen LogP contribution in [0.5, 0.6) is 0 Å². The van der Waals surface area contributed by atoms with Crippen LogP contribution in [0, 0.1) is 13.8 Å². The molecule has 0 saturated carbocycles. The lowest BCUT2D eigenvalue weighted by atomic mass is 10.0. The second kappa shape index (κ2) is 8.72. The lowest BCUT2D eigenvalue weighted by Gasteiger charge is -2.17. The molecule has 0 aliphatic carbocycles. The number of benzene rings is 1.